The minimum absolute atomic E-state index is 0.175. The van der Waals surface area contributed by atoms with Crippen molar-refractivity contribution in [3.05, 3.63) is 23.8 Å². The molecule has 0 radical (unpaired) electrons. The second-order valence-electron chi connectivity index (χ2n) is 4.01. The zero-order valence-electron chi connectivity index (χ0n) is 10.4. The highest BCUT2D eigenvalue weighted by Gasteiger charge is 2.43. The molecule has 1 saturated heterocycles. The maximum Gasteiger partial charge on any atom is 0.408 e. The highest BCUT2D eigenvalue weighted by molar-refractivity contribution is 5.71. The van der Waals surface area contributed by atoms with E-state index in [0.717, 1.165) is 5.56 Å². The van der Waals surface area contributed by atoms with Gasteiger partial charge < -0.3 is 25.3 Å². The number of amides is 1. The summed E-state index contributed by atoms with van der Waals surface area (Å²) in [6.45, 7) is 0.499. The Morgan fingerprint density at radius 3 is 2.72 bits per heavy atom. The van der Waals surface area contributed by atoms with Crippen LogP contribution in [0.5, 0.6) is 11.5 Å². The molecule has 0 spiro atoms. The second kappa shape index (κ2) is 4.73. The number of carbonyl (C=O) groups is 1. The number of carbonyl (C=O) groups excluding carboxylic acids is 1. The molecule has 2 rings (SSSR count). The Hall–Kier alpha value is -1.95. The zero-order valence-corrected chi connectivity index (χ0v) is 10.4. The molecule has 0 aromatic heterocycles. The third-order valence-electron chi connectivity index (χ3n) is 3.04. The standard InChI is InChI=1S/C12H16N2O4/c1-16-8-3-4-9(10(5-8)17-2)12(6-13)7-14-11(15)18-12/h3-5H,6-7,13H2,1-2H3,(H,14,15). The van der Waals surface area contributed by atoms with Gasteiger partial charge in [0.25, 0.3) is 0 Å². The van der Waals surface area contributed by atoms with Gasteiger partial charge in [-0.15, -0.1) is 0 Å². The smallest absolute Gasteiger partial charge is 0.408 e. The fourth-order valence-electron chi connectivity index (χ4n) is 2.01. The number of nitrogens with one attached hydrogen (secondary N) is 1. The maximum atomic E-state index is 11.3. The van der Waals surface area contributed by atoms with Gasteiger partial charge >= 0.3 is 6.09 Å². The molecule has 18 heavy (non-hydrogen) atoms. The van der Waals surface area contributed by atoms with Crippen LogP contribution in [0.15, 0.2) is 18.2 Å². The fraction of sp³-hybridized carbons (Fsp3) is 0.417. The van der Waals surface area contributed by atoms with Gasteiger partial charge in [0.05, 0.1) is 20.8 Å². The summed E-state index contributed by atoms with van der Waals surface area (Å²) in [5, 5.41) is 2.61. The van der Waals surface area contributed by atoms with Crippen LogP contribution in [0, 0.1) is 0 Å². The van der Waals surface area contributed by atoms with Crippen molar-refractivity contribution in [2.24, 2.45) is 5.73 Å². The SMILES string of the molecule is COc1ccc(C2(CN)CNC(=O)O2)c(OC)c1. The minimum Gasteiger partial charge on any atom is -0.497 e. The minimum atomic E-state index is -0.880. The van der Waals surface area contributed by atoms with Crippen LogP contribution >= 0.6 is 0 Å². The van der Waals surface area contributed by atoms with Gasteiger partial charge in [0.2, 0.25) is 0 Å². The molecule has 1 amide bonds. The summed E-state index contributed by atoms with van der Waals surface area (Å²) in [4.78, 5) is 11.3. The molecule has 1 aromatic carbocycles. The summed E-state index contributed by atoms with van der Waals surface area (Å²) in [6.07, 6.45) is -0.474. The normalized spacial score (nSPS) is 22.3. The van der Waals surface area contributed by atoms with Gasteiger partial charge in [0.15, 0.2) is 5.60 Å². The van der Waals surface area contributed by atoms with Crippen LogP contribution in [0.25, 0.3) is 0 Å². The highest BCUT2D eigenvalue weighted by Crippen LogP contribution is 2.36. The molecule has 6 nitrogen and oxygen atoms in total. The number of ether oxygens (including phenoxy) is 3. The monoisotopic (exact) mass is 252 g/mol. The molecule has 98 valence electrons. The first kappa shape index (κ1) is 12.5. The summed E-state index contributed by atoms with van der Waals surface area (Å²) < 4.78 is 15.7. The number of methoxy groups -OCH3 is 2. The van der Waals surface area contributed by atoms with Crippen molar-refractivity contribution < 1.29 is 19.0 Å². The first-order chi connectivity index (χ1) is 8.65. The molecule has 0 saturated carbocycles. The molecule has 1 aromatic rings. The molecule has 1 unspecified atom stereocenters. The van der Waals surface area contributed by atoms with Gasteiger partial charge in [0, 0.05) is 18.2 Å². The third kappa shape index (κ3) is 1.95. The quantitative estimate of drug-likeness (QED) is 0.819. The van der Waals surface area contributed by atoms with Crippen molar-refractivity contribution in [2.75, 3.05) is 27.3 Å². The van der Waals surface area contributed by atoms with Crippen molar-refractivity contribution in [1.82, 2.24) is 5.32 Å². The van der Waals surface area contributed by atoms with Crippen LogP contribution in [0.1, 0.15) is 5.56 Å². The van der Waals surface area contributed by atoms with E-state index in [2.05, 4.69) is 5.32 Å². The Balaban J connectivity index is 2.45. The van der Waals surface area contributed by atoms with E-state index in [1.807, 2.05) is 0 Å². The van der Waals surface area contributed by atoms with E-state index in [-0.39, 0.29) is 6.54 Å². The van der Waals surface area contributed by atoms with Gasteiger partial charge in [-0.3, -0.25) is 0 Å². The first-order valence-corrected chi connectivity index (χ1v) is 5.54. The molecule has 1 heterocycles. The summed E-state index contributed by atoms with van der Waals surface area (Å²) in [5.74, 6) is 1.25. The number of nitrogens with two attached hydrogens (primary N) is 1. The van der Waals surface area contributed by atoms with Crippen LogP contribution < -0.4 is 20.5 Å². The van der Waals surface area contributed by atoms with Crippen LogP contribution in [0.2, 0.25) is 0 Å². The van der Waals surface area contributed by atoms with E-state index in [4.69, 9.17) is 19.9 Å². The molecule has 0 aliphatic carbocycles. The van der Waals surface area contributed by atoms with Gasteiger partial charge in [0.1, 0.15) is 11.5 Å². The highest BCUT2D eigenvalue weighted by atomic mass is 16.6. The molecule has 1 fully saturated rings. The van der Waals surface area contributed by atoms with Crippen molar-refractivity contribution in [3.8, 4) is 11.5 Å². The Morgan fingerprint density at radius 2 is 2.22 bits per heavy atom. The lowest BCUT2D eigenvalue weighted by atomic mass is 9.93. The van der Waals surface area contributed by atoms with Gasteiger partial charge in [-0.05, 0) is 12.1 Å². The lowest BCUT2D eigenvalue weighted by molar-refractivity contribution is 0.0596. The maximum absolute atomic E-state index is 11.3. The van der Waals surface area contributed by atoms with Crippen molar-refractivity contribution in [1.29, 1.82) is 0 Å². The first-order valence-electron chi connectivity index (χ1n) is 5.54. The molecule has 1 atom stereocenters. The molecule has 6 heteroatoms. The summed E-state index contributed by atoms with van der Waals surface area (Å²) >= 11 is 0. The molecule has 1 aliphatic heterocycles. The average molecular weight is 252 g/mol. The molecule has 0 bridgehead atoms. The number of hydrogen-bond acceptors (Lipinski definition) is 5. The van der Waals surface area contributed by atoms with Crippen molar-refractivity contribution in [2.45, 2.75) is 5.60 Å². The lowest BCUT2D eigenvalue weighted by Gasteiger charge is -2.26. The van der Waals surface area contributed by atoms with E-state index in [1.165, 1.54) is 0 Å². The predicted molar refractivity (Wildman–Crippen MR) is 64.8 cm³/mol. The van der Waals surface area contributed by atoms with E-state index >= 15 is 0 Å². The number of alkyl carbamates (subject to hydrolysis) is 1. The van der Waals surface area contributed by atoms with Crippen molar-refractivity contribution in [3.63, 3.8) is 0 Å². The summed E-state index contributed by atoms with van der Waals surface area (Å²) in [6, 6.07) is 5.31. The third-order valence-corrected chi connectivity index (χ3v) is 3.04. The van der Waals surface area contributed by atoms with Crippen LogP contribution in [0.4, 0.5) is 4.79 Å². The largest absolute Gasteiger partial charge is 0.497 e. The average Bonchev–Trinajstić information content (AvgIpc) is 2.80. The Kier molecular flexibility index (Phi) is 3.29. The van der Waals surface area contributed by atoms with E-state index < -0.39 is 11.7 Å². The number of benzene rings is 1. The number of cyclic esters (lactones) is 1. The van der Waals surface area contributed by atoms with Crippen molar-refractivity contribution >= 4 is 6.09 Å². The van der Waals surface area contributed by atoms with E-state index in [1.54, 1.807) is 32.4 Å². The Bertz CT molecular complexity index is 463. The van der Waals surface area contributed by atoms with Crippen LogP contribution in [-0.4, -0.2) is 33.4 Å². The molecular weight excluding hydrogens is 236 g/mol. The van der Waals surface area contributed by atoms with Crippen LogP contribution in [-0.2, 0) is 10.3 Å². The summed E-state index contributed by atoms with van der Waals surface area (Å²) in [5.41, 5.74) is 5.60. The second-order valence-corrected chi connectivity index (χ2v) is 4.01. The molecule has 3 N–H and O–H groups in total. The van der Waals surface area contributed by atoms with E-state index in [9.17, 15) is 4.79 Å². The molecule has 1 aliphatic rings. The predicted octanol–water partition coefficient (Wildman–Crippen LogP) is 0.598. The fourth-order valence-corrected chi connectivity index (χ4v) is 2.01. The Morgan fingerprint density at radius 1 is 1.44 bits per heavy atom. The zero-order chi connectivity index (χ0) is 13.2. The Labute approximate surface area is 105 Å². The lowest BCUT2D eigenvalue weighted by Crippen LogP contribution is -2.38. The van der Waals surface area contributed by atoms with Gasteiger partial charge in [-0.2, -0.15) is 0 Å². The van der Waals surface area contributed by atoms with Gasteiger partial charge in [-0.25, -0.2) is 4.79 Å². The summed E-state index contributed by atoms with van der Waals surface area (Å²) in [7, 11) is 3.12. The van der Waals surface area contributed by atoms with Gasteiger partial charge in [-0.1, -0.05) is 0 Å². The molecular formula is C12H16N2O4. The topological polar surface area (TPSA) is 82.8 Å². The number of rotatable bonds is 4. The number of hydrogen-bond donors (Lipinski definition) is 2. The van der Waals surface area contributed by atoms with Crippen LogP contribution in [0.3, 0.4) is 0 Å². The van der Waals surface area contributed by atoms with E-state index in [0.29, 0.717) is 18.0 Å².